The smallest absolute Gasteiger partial charge is 0.243 e. The number of carbonyl (C=O) groups is 1. The van der Waals surface area contributed by atoms with E-state index in [1.165, 1.54) is 0 Å². The molecule has 130 valence electrons. The molecule has 1 aromatic carbocycles. The fraction of sp³-hybridized carbons (Fsp3) is 0.533. The Kier molecular flexibility index (Phi) is 4.31. The lowest BCUT2D eigenvalue weighted by molar-refractivity contribution is -0.127. The highest BCUT2D eigenvalue weighted by Gasteiger charge is 2.34. The van der Waals surface area contributed by atoms with Gasteiger partial charge in [-0.2, -0.15) is 0 Å². The average Bonchev–Trinajstić information content (AvgIpc) is 3.06. The summed E-state index contributed by atoms with van der Waals surface area (Å²) in [4.78, 5) is 13.7. The lowest BCUT2D eigenvalue weighted by Gasteiger charge is -2.17. The van der Waals surface area contributed by atoms with Gasteiger partial charge in [0.05, 0.1) is 0 Å². The number of benzene rings is 1. The second kappa shape index (κ2) is 6.14. The van der Waals surface area contributed by atoms with Crippen LogP contribution in [-0.4, -0.2) is 48.7 Å². The van der Waals surface area contributed by atoms with Crippen molar-refractivity contribution in [2.45, 2.75) is 44.6 Å². The lowest BCUT2D eigenvalue weighted by atomic mass is 10.1. The number of aryl methyl sites for hydroxylation is 2. The van der Waals surface area contributed by atoms with E-state index in [4.69, 9.17) is 4.63 Å². The van der Waals surface area contributed by atoms with Crippen molar-refractivity contribution >= 4 is 27.0 Å². The van der Waals surface area contributed by atoms with Gasteiger partial charge in [-0.25, -0.2) is 17.8 Å². The van der Waals surface area contributed by atoms with Crippen molar-refractivity contribution in [2.75, 3.05) is 13.1 Å². The minimum absolute atomic E-state index is 0.0292. The number of nitrogens with one attached hydrogen (secondary N) is 1. The highest BCUT2D eigenvalue weighted by atomic mass is 32.2. The molecule has 2 aromatic rings. The van der Waals surface area contributed by atoms with Gasteiger partial charge < -0.3 is 4.90 Å². The Labute approximate surface area is 140 Å². The van der Waals surface area contributed by atoms with Crippen LogP contribution in [-0.2, 0) is 14.8 Å². The van der Waals surface area contributed by atoms with Gasteiger partial charge in [0.25, 0.3) is 0 Å². The zero-order valence-electron chi connectivity index (χ0n) is 13.9. The number of rotatable bonds is 5. The van der Waals surface area contributed by atoms with Crippen LogP contribution >= 0.6 is 0 Å². The average molecular weight is 352 g/mol. The van der Waals surface area contributed by atoms with Crippen molar-refractivity contribution in [1.82, 2.24) is 19.9 Å². The summed E-state index contributed by atoms with van der Waals surface area (Å²) in [6, 6.07) is 1.30. The summed E-state index contributed by atoms with van der Waals surface area (Å²) in [5, 5.41) is 7.53. The van der Waals surface area contributed by atoms with Crippen LogP contribution in [0.1, 0.15) is 30.9 Å². The Hall–Kier alpha value is -2.00. The van der Waals surface area contributed by atoms with Crippen molar-refractivity contribution in [3.63, 3.8) is 0 Å². The van der Waals surface area contributed by atoms with Crippen LogP contribution < -0.4 is 4.72 Å². The first-order valence-corrected chi connectivity index (χ1v) is 9.34. The number of fused-ring (bicyclic) bond motifs is 1. The van der Waals surface area contributed by atoms with E-state index in [0.29, 0.717) is 24.2 Å². The van der Waals surface area contributed by atoms with Crippen LogP contribution in [0.2, 0.25) is 0 Å². The van der Waals surface area contributed by atoms with Gasteiger partial charge in [-0.1, -0.05) is 13.0 Å². The van der Waals surface area contributed by atoms with E-state index in [-0.39, 0.29) is 22.7 Å². The molecule has 0 radical (unpaired) electrons. The van der Waals surface area contributed by atoms with Crippen LogP contribution in [0.3, 0.4) is 0 Å². The Morgan fingerprint density at radius 3 is 2.71 bits per heavy atom. The predicted molar refractivity (Wildman–Crippen MR) is 86.9 cm³/mol. The highest BCUT2D eigenvalue weighted by molar-refractivity contribution is 7.89. The van der Waals surface area contributed by atoms with E-state index in [1.54, 1.807) is 17.9 Å². The molecule has 1 aliphatic rings. The summed E-state index contributed by atoms with van der Waals surface area (Å²) in [6.45, 7) is 6.53. The van der Waals surface area contributed by atoms with Crippen molar-refractivity contribution in [3.8, 4) is 0 Å². The van der Waals surface area contributed by atoms with Gasteiger partial charge in [0.1, 0.15) is 10.4 Å². The van der Waals surface area contributed by atoms with Gasteiger partial charge in [0, 0.05) is 25.6 Å². The van der Waals surface area contributed by atoms with Crippen LogP contribution in [0.25, 0.3) is 11.0 Å². The number of amides is 1. The monoisotopic (exact) mass is 352 g/mol. The van der Waals surface area contributed by atoms with Crippen molar-refractivity contribution in [3.05, 3.63) is 17.2 Å². The molecule has 3 rings (SSSR count). The fourth-order valence-electron chi connectivity index (χ4n) is 3.20. The molecule has 0 unspecified atom stereocenters. The fourth-order valence-corrected chi connectivity index (χ4v) is 4.78. The third kappa shape index (κ3) is 2.89. The van der Waals surface area contributed by atoms with Gasteiger partial charge in [0.15, 0.2) is 5.52 Å². The molecular weight excluding hydrogens is 332 g/mol. The molecule has 1 aromatic heterocycles. The van der Waals surface area contributed by atoms with Gasteiger partial charge in [0.2, 0.25) is 15.9 Å². The van der Waals surface area contributed by atoms with E-state index < -0.39 is 16.1 Å². The van der Waals surface area contributed by atoms with Gasteiger partial charge >= 0.3 is 0 Å². The molecule has 2 heterocycles. The minimum atomic E-state index is -3.84. The maximum atomic E-state index is 12.9. The summed E-state index contributed by atoms with van der Waals surface area (Å²) in [5.41, 5.74) is 2.01. The maximum absolute atomic E-state index is 12.9. The molecule has 0 bridgehead atoms. The maximum Gasteiger partial charge on any atom is 0.243 e. The lowest BCUT2D eigenvalue weighted by Crippen LogP contribution is -2.37. The minimum Gasteiger partial charge on any atom is -0.341 e. The van der Waals surface area contributed by atoms with Crippen molar-refractivity contribution in [1.29, 1.82) is 0 Å². The number of hydrogen-bond donors (Lipinski definition) is 1. The zero-order valence-corrected chi connectivity index (χ0v) is 14.7. The number of sulfonamides is 1. The van der Waals surface area contributed by atoms with Gasteiger partial charge in [-0.15, -0.1) is 0 Å². The normalized spacial score (nSPS) is 18.7. The second-order valence-corrected chi connectivity index (χ2v) is 7.81. The molecule has 1 N–H and O–H groups in total. The molecule has 1 amide bonds. The first kappa shape index (κ1) is 16.8. The third-order valence-corrected chi connectivity index (χ3v) is 5.86. The number of likely N-dealkylation sites (tertiary alicyclic amines) is 1. The highest BCUT2D eigenvalue weighted by Crippen LogP contribution is 2.27. The Morgan fingerprint density at radius 2 is 2.00 bits per heavy atom. The second-order valence-electron chi connectivity index (χ2n) is 6.16. The summed E-state index contributed by atoms with van der Waals surface area (Å²) in [6.07, 6.45) is 1.01. The molecule has 24 heavy (non-hydrogen) atoms. The molecule has 0 saturated carbocycles. The molecule has 0 spiro atoms. The predicted octanol–water partition coefficient (Wildman–Crippen LogP) is 1.13. The molecule has 1 aliphatic heterocycles. The quantitative estimate of drug-likeness (QED) is 0.865. The Morgan fingerprint density at radius 1 is 1.29 bits per heavy atom. The number of aromatic nitrogens is 2. The largest absolute Gasteiger partial charge is 0.341 e. The van der Waals surface area contributed by atoms with Crippen LogP contribution in [0.4, 0.5) is 0 Å². The van der Waals surface area contributed by atoms with Crippen molar-refractivity contribution < 1.29 is 17.8 Å². The molecule has 9 heteroatoms. The summed E-state index contributed by atoms with van der Waals surface area (Å²) in [7, 11) is -3.84. The van der Waals surface area contributed by atoms with Crippen LogP contribution in [0.5, 0.6) is 0 Å². The summed E-state index contributed by atoms with van der Waals surface area (Å²) >= 11 is 0. The molecule has 1 atom stereocenters. The SMILES string of the molecule is CCCN1C[C@@H](NS(=O)(=O)c2c(C)cc(C)c3nonc23)CC1=O. The van der Waals surface area contributed by atoms with E-state index in [0.717, 1.165) is 12.0 Å². The van der Waals surface area contributed by atoms with Crippen LogP contribution in [0, 0.1) is 13.8 Å². The molecule has 1 saturated heterocycles. The first-order valence-electron chi connectivity index (χ1n) is 7.86. The molecular formula is C15H20N4O4S. The zero-order chi connectivity index (χ0) is 17.5. The first-order chi connectivity index (χ1) is 11.3. The standard InChI is InChI=1S/C15H20N4O4S/c1-4-5-19-8-11(7-12(19)20)18-24(21,22)15-10(3)6-9(2)13-14(15)17-23-16-13/h6,11,18H,4-5,7-8H2,1-3H3/t11-/m0/s1. The van der Waals surface area contributed by atoms with Crippen molar-refractivity contribution in [2.24, 2.45) is 0 Å². The molecule has 0 aliphatic carbocycles. The van der Waals surface area contributed by atoms with E-state index in [9.17, 15) is 13.2 Å². The van der Waals surface area contributed by atoms with E-state index in [1.807, 2.05) is 13.8 Å². The number of hydrogen-bond acceptors (Lipinski definition) is 6. The Balaban J connectivity index is 1.92. The number of nitrogens with zero attached hydrogens (tertiary/aromatic N) is 3. The molecule has 8 nitrogen and oxygen atoms in total. The molecule has 1 fully saturated rings. The van der Waals surface area contributed by atoms with E-state index >= 15 is 0 Å². The van der Waals surface area contributed by atoms with E-state index in [2.05, 4.69) is 15.0 Å². The van der Waals surface area contributed by atoms with Gasteiger partial charge in [-0.3, -0.25) is 4.79 Å². The third-order valence-electron chi connectivity index (χ3n) is 4.17. The number of carbonyl (C=O) groups excluding carboxylic acids is 1. The van der Waals surface area contributed by atoms with Gasteiger partial charge in [-0.05, 0) is 41.7 Å². The Bertz CT molecular complexity index is 890. The summed E-state index contributed by atoms with van der Waals surface area (Å²) in [5.74, 6) is -0.0292. The topological polar surface area (TPSA) is 105 Å². The summed E-state index contributed by atoms with van der Waals surface area (Å²) < 4.78 is 33.1. The van der Waals surface area contributed by atoms with Crippen LogP contribution in [0.15, 0.2) is 15.6 Å².